The zero-order valence-corrected chi connectivity index (χ0v) is 14.6. The van der Waals surface area contributed by atoms with Gasteiger partial charge in [0.15, 0.2) is 0 Å². The van der Waals surface area contributed by atoms with Gasteiger partial charge in [0, 0.05) is 18.2 Å². The van der Waals surface area contributed by atoms with Crippen LogP contribution in [0.2, 0.25) is 0 Å². The van der Waals surface area contributed by atoms with Crippen LogP contribution in [0.5, 0.6) is 0 Å². The van der Waals surface area contributed by atoms with E-state index in [-0.39, 0.29) is 18.7 Å². The van der Waals surface area contributed by atoms with E-state index in [1.54, 1.807) is 0 Å². The Balaban J connectivity index is 2.01. The van der Waals surface area contributed by atoms with Gasteiger partial charge in [-0.2, -0.15) is 0 Å². The van der Waals surface area contributed by atoms with Gasteiger partial charge in [0.2, 0.25) is 11.8 Å². The number of aliphatic carboxylic acids is 1. The normalized spacial score (nSPS) is 12.8. The Kier molecular flexibility index (Phi) is 6.71. The zero-order valence-electron chi connectivity index (χ0n) is 13.8. The summed E-state index contributed by atoms with van der Waals surface area (Å²) in [6.45, 7) is 1.38. The monoisotopic (exact) mass is 360 g/mol. The lowest BCUT2D eigenvalue weighted by Gasteiger charge is -2.19. The maximum Gasteiger partial charge on any atom is 0.326 e. The number of carbonyl (C=O) groups excluding carboxylic acids is 2. The van der Waals surface area contributed by atoms with Gasteiger partial charge in [-0.25, -0.2) is 4.79 Å². The van der Waals surface area contributed by atoms with Crippen molar-refractivity contribution in [3.63, 3.8) is 0 Å². The first-order valence-electron chi connectivity index (χ1n) is 7.82. The van der Waals surface area contributed by atoms with Crippen molar-refractivity contribution in [2.75, 3.05) is 0 Å². The fourth-order valence-electron chi connectivity index (χ4n) is 2.45. The predicted octanol–water partition coefficient (Wildman–Crippen LogP) is 2.13. The number of carboxylic acid groups (broad SMARTS) is 1. The molecule has 6 nitrogen and oxygen atoms in total. The van der Waals surface area contributed by atoms with Gasteiger partial charge in [-0.05, 0) is 17.0 Å². The molecule has 2 atom stereocenters. The highest BCUT2D eigenvalue weighted by atomic mass is 32.1. The van der Waals surface area contributed by atoms with Crippen molar-refractivity contribution in [3.8, 4) is 0 Å². The van der Waals surface area contributed by atoms with Gasteiger partial charge in [-0.1, -0.05) is 36.4 Å². The quantitative estimate of drug-likeness (QED) is 0.672. The number of carboxylic acids is 1. The number of carbonyl (C=O) groups is 3. The minimum absolute atomic E-state index is 0.0152. The van der Waals surface area contributed by atoms with Crippen molar-refractivity contribution >= 4 is 29.1 Å². The summed E-state index contributed by atoms with van der Waals surface area (Å²) in [6, 6.07) is 11.3. The third-order valence-corrected chi connectivity index (χ3v) is 4.56. The molecule has 1 aromatic carbocycles. The fraction of sp³-hybridized carbons (Fsp3) is 0.278. The van der Waals surface area contributed by atoms with E-state index < -0.39 is 24.0 Å². The van der Waals surface area contributed by atoms with Crippen LogP contribution < -0.4 is 10.6 Å². The van der Waals surface area contributed by atoms with E-state index in [0.717, 1.165) is 10.4 Å². The number of amides is 2. The Morgan fingerprint density at radius 2 is 1.80 bits per heavy atom. The highest BCUT2D eigenvalue weighted by Crippen LogP contribution is 2.22. The Hall–Kier alpha value is -2.67. The maximum absolute atomic E-state index is 12.3. The van der Waals surface area contributed by atoms with Crippen LogP contribution in [0, 0.1) is 0 Å². The van der Waals surface area contributed by atoms with E-state index in [4.69, 9.17) is 0 Å². The molecule has 0 bridgehead atoms. The molecule has 0 fully saturated rings. The lowest BCUT2D eigenvalue weighted by Crippen LogP contribution is -2.43. The topological polar surface area (TPSA) is 95.5 Å². The standard InChI is InChI=1S/C18H20N2O4S/c1-12(21)19-14(16-8-5-9-25-16)11-17(22)20-15(18(23)24)10-13-6-3-2-4-7-13/h2-9,14-15H,10-11H2,1H3,(H,19,21)(H,20,22)(H,23,24)/t14?,15-/m0/s1. The molecule has 0 saturated heterocycles. The van der Waals surface area contributed by atoms with Crippen LogP contribution >= 0.6 is 11.3 Å². The molecule has 0 aliphatic heterocycles. The number of rotatable bonds is 8. The fourth-order valence-corrected chi connectivity index (χ4v) is 3.22. The van der Waals surface area contributed by atoms with Crippen molar-refractivity contribution < 1.29 is 19.5 Å². The second-order valence-electron chi connectivity index (χ2n) is 5.62. The smallest absolute Gasteiger partial charge is 0.326 e. The highest BCUT2D eigenvalue weighted by Gasteiger charge is 2.23. The van der Waals surface area contributed by atoms with Gasteiger partial charge in [0.1, 0.15) is 6.04 Å². The highest BCUT2D eigenvalue weighted by molar-refractivity contribution is 7.10. The van der Waals surface area contributed by atoms with E-state index in [2.05, 4.69) is 10.6 Å². The largest absolute Gasteiger partial charge is 0.480 e. The molecule has 2 aromatic rings. The van der Waals surface area contributed by atoms with E-state index in [9.17, 15) is 19.5 Å². The molecule has 0 spiro atoms. The first kappa shape index (κ1) is 18.7. The number of hydrogen-bond acceptors (Lipinski definition) is 4. The lowest BCUT2D eigenvalue weighted by molar-refractivity contribution is -0.142. The third-order valence-electron chi connectivity index (χ3n) is 3.57. The Morgan fingerprint density at radius 1 is 1.08 bits per heavy atom. The summed E-state index contributed by atoms with van der Waals surface area (Å²) in [5.41, 5.74) is 0.826. The van der Waals surface area contributed by atoms with Gasteiger partial charge in [0.25, 0.3) is 0 Å². The molecule has 0 aliphatic rings. The molecule has 132 valence electrons. The number of benzene rings is 1. The van der Waals surface area contributed by atoms with Gasteiger partial charge in [0.05, 0.1) is 12.5 Å². The van der Waals surface area contributed by atoms with Crippen LogP contribution in [-0.4, -0.2) is 28.9 Å². The molecular weight excluding hydrogens is 340 g/mol. The Bertz CT molecular complexity index is 716. The minimum Gasteiger partial charge on any atom is -0.480 e. The number of nitrogens with one attached hydrogen (secondary N) is 2. The molecule has 2 amide bonds. The van der Waals surface area contributed by atoms with E-state index in [1.807, 2.05) is 47.8 Å². The summed E-state index contributed by atoms with van der Waals surface area (Å²) in [4.78, 5) is 36.0. The lowest BCUT2D eigenvalue weighted by atomic mass is 10.1. The molecular formula is C18H20N2O4S. The molecule has 0 aliphatic carbocycles. The van der Waals surface area contributed by atoms with Crippen molar-refractivity contribution in [1.29, 1.82) is 0 Å². The molecule has 25 heavy (non-hydrogen) atoms. The SMILES string of the molecule is CC(=O)NC(CC(=O)N[C@@H](Cc1ccccc1)C(=O)O)c1cccs1. The molecule has 1 heterocycles. The second-order valence-corrected chi connectivity index (χ2v) is 6.60. The molecule has 2 rings (SSSR count). The van der Waals surface area contributed by atoms with Crippen molar-refractivity contribution in [3.05, 3.63) is 58.3 Å². The third kappa shape index (κ3) is 6.04. The Morgan fingerprint density at radius 3 is 2.36 bits per heavy atom. The Labute approximate surface area is 149 Å². The molecule has 0 saturated carbocycles. The summed E-state index contributed by atoms with van der Waals surface area (Å²) in [7, 11) is 0. The van der Waals surface area contributed by atoms with Crippen LogP contribution in [-0.2, 0) is 20.8 Å². The summed E-state index contributed by atoms with van der Waals surface area (Å²) in [5.74, 6) is -1.76. The van der Waals surface area contributed by atoms with E-state index in [1.165, 1.54) is 18.3 Å². The van der Waals surface area contributed by atoms with Gasteiger partial charge in [-0.3, -0.25) is 9.59 Å². The summed E-state index contributed by atoms with van der Waals surface area (Å²) >= 11 is 1.43. The predicted molar refractivity (Wildman–Crippen MR) is 95.2 cm³/mol. The van der Waals surface area contributed by atoms with Crippen LogP contribution in [0.25, 0.3) is 0 Å². The first-order valence-corrected chi connectivity index (χ1v) is 8.70. The van der Waals surface area contributed by atoms with Crippen LogP contribution in [0.1, 0.15) is 29.8 Å². The summed E-state index contributed by atoms with van der Waals surface area (Å²) < 4.78 is 0. The first-order chi connectivity index (χ1) is 12.0. The van der Waals surface area contributed by atoms with Gasteiger partial charge in [-0.15, -0.1) is 11.3 Å². The van der Waals surface area contributed by atoms with Crippen molar-refractivity contribution in [2.24, 2.45) is 0 Å². The molecule has 0 radical (unpaired) electrons. The van der Waals surface area contributed by atoms with E-state index in [0.29, 0.717) is 0 Å². The second kappa shape index (κ2) is 8.98. The average Bonchev–Trinajstić information content (AvgIpc) is 3.08. The van der Waals surface area contributed by atoms with Crippen LogP contribution in [0.4, 0.5) is 0 Å². The summed E-state index contributed by atoms with van der Waals surface area (Å²) in [6.07, 6.45) is 0.185. The van der Waals surface area contributed by atoms with Crippen LogP contribution in [0.3, 0.4) is 0 Å². The molecule has 1 aromatic heterocycles. The number of thiophene rings is 1. The maximum atomic E-state index is 12.3. The average molecular weight is 360 g/mol. The van der Waals surface area contributed by atoms with Gasteiger partial charge >= 0.3 is 5.97 Å². The minimum atomic E-state index is -1.09. The summed E-state index contributed by atoms with van der Waals surface area (Å²) in [5, 5.41) is 16.5. The zero-order chi connectivity index (χ0) is 18.2. The molecule has 1 unspecified atom stereocenters. The molecule has 3 N–H and O–H groups in total. The van der Waals surface area contributed by atoms with Crippen molar-refractivity contribution in [2.45, 2.75) is 31.8 Å². The van der Waals surface area contributed by atoms with Crippen LogP contribution in [0.15, 0.2) is 47.8 Å². The van der Waals surface area contributed by atoms with Gasteiger partial charge < -0.3 is 15.7 Å². The molecule has 7 heteroatoms. The van der Waals surface area contributed by atoms with E-state index >= 15 is 0 Å². The van der Waals surface area contributed by atoms with Crippen molar-refractivity contribution in [1.82, 2.24) is 10.6 Å². The number of hydrogen-bond donors (Lipinski definition) is 3.